The van der Waals surface area contributed by atoms with Gasteiger partial charge in [0.2, 0.25) is 0 Å². The highest BCUT2D eigenvalue weighted by Crippen LogP contribution is 2.42. The van der Waals surface area contributed by atoms with Crippen molar-refractivity contribution in [3.8, 4) is 11.5 Å². The van der Waals surface area contributed by atoms with Crippen LogP contribution in [0, 0.1) is 0 Å². The highest BCUT2D eigenvalue weighted by atomic mass is 19.1. The summed E-state index contributed by atoms with van der Waals surface area (Å²) in [5, 5.41) is 8.59. The summed E-state index contributed by atoms with van der Waals surface area (Å²) in [6, 6.07) is 2.19. The lowest BCUT2D eigenvalue weighted by atomic mass is 9.96. The monoisotopic (exact) mass is 412 g/mol. The Morgan fingerprint density at radius 2 is 2.00 bits per heavy atom. The van der Waals surface area contributed by atoms with E-state index in [1.165, 1.54) is 0 Å². The van der Waals surface area contributed by atoms with Crippen molar-refractivity contribution in [1.82, 2.24) is 29.8 Å². The van der Waals surface area contributed by atoms with E-state index < -0.39 is 5.67 Å². The minimum atomic E-state index is -1.60. The van der Waals surface area contributed by atoms with Gasteiger partial charge in [-0.05, 0) is 31.7 Å². The summed E-state index contributed by atoms with van der Waals surface area (Å²) in [6.45, 7) is 2.34. The van der Waals surface area contributed by atoms with Gasteiger partial charge in [-0.15, -0.1) is 0 Å². The molecule has 6 rings (SSSR count). The van der Waals surface area contributed by atoms with Crippen molar-refractivity contribution in [2.75, 3.05) is 26.3 Å². The van der Waals surface area contributed by atoms with Crippen LogP contribution in [0.5, 0.6) is 0 Å². The second-order valence-corrected chi connectivity index (χ2v) is 8.40. The largest absolute Gasteiger partial charge is 0.377 e. The lowest BCUT2D eigenvalue weighted by Crippen LogP contribution is -2.43. The Kier molecular flexibility index (Phi) is 3.92. The Morgan fingerprint density at radius 1 is 1.20 bits per heavy atom. The van der Waals surface area contributed by atoms with E-state index in [0.717, 1.165) is 16.6 Å². The first kappa shape index (κ1) is 17.9. The highest BCUT2D eigenvalue weighted by Gasteiger charge is 2.53. The molecule has 3 fully saturated rings. The van der Waals surface area contributed by atoms with Crippen molar-refractivity contribution in [2.24, 2.45) is 0 Å². The minimum Gasteiger partial charge on any atom is -0.377 e. The summed E-state index contributed by atoms with van der Waals surface area (Å²) < 4.78 is 26.7. The predicted molar refractivity (Wildman–Crippen MR) is 102 cm³/mol. The fourth-order valence-electron chi connectivity index (χ4n) is 4.16. The number of carbonyl (C=O) groups excluding carboxylic acids is 1. The first-order valence-electron chi connectivity index (χ1n) is 10.3. The van der Waals surface area contributed by atoms with E-state index in [1.807, 2.05) is 10.7 Å². The van der Waals surface area contributed by atoms with Gasteiger partial charge in [0.1, 0.15) is 5.52 Å². The molecule has 5 heterocycles. The molecule has 2 aliphatic heterocycles. The SMILES string of the molecule is O=C(N1CCC(c2noc(-c3cnc4cnn(C5COC5)c4c3)n2)CC1)C1(F)CC1. The molecule has 0 spiro atoms. The number of piperidine rings is 1. The summed E-state index contributed by atoms with van der Waals surface area (Å²) in [5.41, 5.74) is 0.857. The zero-order chi connectivity index (χ0) is 20.3. The van der Waals surface area contributed by atoms with E-state index in [1.54, 1.807) is 17.3 Å². The molecular formula is C20H21FN6O3. The number of likely N-dealkylation sites (tertiary alicyclic amines) is 1. The molecule has 3 aliphatic rings. The predicted octanol–water partition coefficient (Wildman–Crippen LogP) is 2.26. The normalized spacial score (nSPS) is 21.7. The lowest BCUT2D eigenvalue weighted by molar-refractivity contribution is -0.139. The number of nitrogens with zero attached hydrogens (tertiary/aromatic N) is 6. The van der Waals surface area contributed by atoms with Crippen LogP contribution < -0.4 is 0 Å². The van der Waals surface area contributed by atoms with Crippen LogP contribution in [0.15, 0.2) is 23.0 Å². The van der Waals surface area contributed by atoms with Crippen LogP contribution in [0.2, 0.25) is 0 Å². The number of aromatic nitrogens is 5. The molecule has 0 bridgehead atoms. The van der Waals surface area contributed by atoms with Gasteiger partial charge in [-0.3, -0.25) is 14.5 Å². The van der Waals surface area contributed by atoms with Crippen LogP contribution in [0.25, 0.3) is 22.5 Å². The Morgan fingerprint density at radius 3 is 2.70 bits per heavy atom. The smallest absolute Gasteiger partial charge is 0.260 e. The summed E-state index contributed by atoms with van der Waals surface area (Å²) in [7, 11) is 0. The van der Waals surface area contributed by atoms with Crippen molar-refractivity contribution in [3.63, 3.8) is 0 Å². The molecular weight excluding hydrogens is 391 g/mol. The Hall–Kier alpha value is -2.88. The van der Waals surface area contributed by atoms with Crippen LogP contribution in [-0.2, 0) is 9.53 Å². The molecule has 0 N–H and O–H groups in total. The quantitative estimate of drug-likeness (QED) is 0.648. The first-order valence-corrected chi connectivity index (χ1v) is 10.3. The van der Waals surface area contributed by atoms with E-state index in [-0.39, 0.29) is 17.9 Å². The summed E-state index contributed by atoms with van der Waals surface area (Å²) in [5.74, 6) is 0.772. The second kappa shape index (κ2) is 6.56. The van der Waals surface area contributed by atoms with E-state index in [2.05, 4.69) is 20.2 Å². The van der Waals surface area contributed by atoms with Crippen molar-refractivity contribution < 1.29 is 18.4 Å². The van der Waals surface area contributed by atoms with Gasteiger partial charge < -0.3 is 14.2 Å². The molecule has 0 radical (unpaired) electrons. The number of halogens is 1. The van der Waals surface area contributed by atoms with Crippen LogP contribution in [-0.4, -0.2) is 67.7 Å². The van der Waals surface area contributed by atoms with E-state index in [0.29, 0.717) is 63.7 Å². The number of alkyl halides is 1. The molecule has 10 heteroatoms. The maximum Gasteiger partial charge on any atom is 0.260 e. The molecule has 0 aromatic carbocycles. The van der Waals surface area contributed by atoms with Crippen LogP contribution >= 0.6 is 0 Å². The molecule has 2 saturated heterocycles. The fourth-order valence-corrected chi connectivity index (χ4v) is 4.16. The number of hydrogen-bond acceptors (Lipinski definition) is 7. The van der Waals surface area contributed by atoms with Gasteiger partial charge in [-0.1, -0.05) is 5.16 Å². The molecule has 30 heavy (non-hydrogen) atoms. The third-order valence-corrected chi connectivity index (χ3v) is 6.32. The summed E-state index contributed by atoms with van der Waals surface area (Å²) >= 11 is 0. The second-order valence-electron chi connectivity index (χ2n) is 8.40. The molecule has 1 aliphatic carbocycles. The molecule has 0 atom stereocenters. The van der Waals surface area contributed by atoms with Gasteiger partial charge >= 0.3 is 0 Å². The maximum absolute atomic E-state index is 14.0. The number of rotatable bonds is 4. The molecule has 156 valence electrons. The van der Waals surface area contributed by atoms with Crippen LogP contribution in [0.4, 0.5) is 4.39 Å². The number of carbonyl (C=O) groups is 1. The third-order valence-electron chi connectivity index (χ3n) is 6.32. The topological polar surface area (TPSA) is 99.2 Å². The van der Waals surface area contributed by atoms with Crippen molar-refractivity contribution in [2.45, 2.75) is 43.3 Å². The minimum absolute atomic E-state index is 0.0932. The van der Waals surface area contributed by atoms with Crippen molar-refractivity contribution in [1.29, 1.82) is 0 Å². The maximum atomic E-state index is 14.0. The van der Waals surface area contributed by atoms with Gasteiger partial charge in [0.15, 0.2) is 11.5 Å². The van der Waals surface area contributed by atoms with Crippen LogP contribution in [0.1, 0.15) is 43.5 Å². The number of fused-ring (bicyclic) bond motifs is 1. The molecule has 3 aromatic rings. The van der Waals surface area contributed by atoms with Gasteiger partial charge in [0.25, 0.3) is 11.8 Å². The zero-order valence-corrected chi connectivity index (χ0v) is 16.3. The van der Waals surface area contributed by atoms with Gasteiger partial charge in [-0.2, -0.15) is 10.1 Å². The molecule has 9 nitrogen and oxygen atoms in total. The Labute approximate surface area is 171 Å². The van der Waals surface area contributed by atoms with Crippen molar-refractivity contribution >= 4 is 16.9 Å². The molecule has 1 saturated carbocycles. The lowest BCUT2D eigenvalue weighted by Gasteiger charge is -2.31. The number of hydrogen-bond donors (Lipinski definition) is 0. The van der Waals surface area contributed by atoms with Gasteiger partial charge in [0, 0.05) is 25.2 Å². The molecule has 0 unspecified atom stereocenters. The average molecular weight is 412 g/mol. The molecule has 3 aromatic heterocycles. The van der Waals surface area contributed by atoms with Crippen molar-refractivity contribution in [3.05, 3.63) is 24.3 Å². The number of pyridine rings is 1. The number of ether oxygens (including phenoxy) is 1. The zero-order valence-electron chi connectivity index (χ0n) is 16.3. The van der Waals surface area contributed by atoms with Crippen LogP contribution in [0.3, 0.4) is 0 Å². The van der Waals surface area contributed by atoms with Gasteiger partial charge in [0.05, 0.1) is 36.5 Å². The third kappa shape index (κ3) is 2.89. The Bertz CT molecular complexity index is 1110. The summed E-state index contributed by atoms with van der Waals surface area (Å²) in [4.78, 5) is 22.9. The van der Waals surface area contributed by atoms with E-state index in [4.69, 9.17) is 9.26 Å². The fraction of sp³-hybridized carbons (Fsp3) is 0.550. The molecule has 1 amide bonds. The Balaban J connectivity index is 1.19. The number of amides is 1. The summed E-state index contributed by atoms with van der Waals surface area (Å²) in [6.07, 6.45) is 5.56. The van der Waals surface area contributed by atoms with E-state index in [9.17, 15) is 9.18 Å². The average Bonchev–Trinajstić information content (AvgIpc) is 3.15. The first-order chi connectivity index (χ1) is 14.6. The standard InChI is InChI=1S/C20H21FN6O3/c21-20(3-4-20)19(28)26-5-1-12(2-6-26)17-24-18(30-25-17)13-7-16-15(22-8-13)9-23-27(16)14-10-29-11-14/h7-9,12,14H,1-6,10-11H2. The van der Waals surface area contributed by atoms with E-state index >= 15 is 0 Å². The highest BCUT2D eigenvalue weighted by molar-refractivity contribution is 5.88. The van der Waals surface area contributed by atoms with Gasteiger partial charge in [-0.25, -0.2) is 4.39 Å².